The number of ether oxygens (including phenoxy) is 1. The highest BCUT2D eigenvalue weighted by Gasteiger charge is 2.29. The summed E-state index contributed by atoms with van der Waals surface area (Å²) in [6.45, 7) is 7.64. The second-order valence-corrected chi connectivity index (χ2v) is 5.63. The third-order valence-electron chi connectivity index (χ3n) is 3.57. The van der Waals surface area contributed by atoms with Gasteiger partial charge in [0.15, 0.2) is 0 Å². The predicted octanol–water partition coefficient (Wildman–Crippen LogP) is 1.76. The van der Waals surface area contributed by atoms with E-state index in [2.05, 4.69) is 13.8 Å². The fourth-order valence-corrected chi connectivity index (χ4v) is 2.16. The molecule has 1 rings (SSSR count). The normalized spacial score (nSPS) is 18.6. The lowest BCUT2D eigenvalue weighted by atomic mass is 9.97. The van der Waals surface area contributed by atoms with Gasteiger partial charge in [-0.1, -0.05) is 13.8 Å². The van der Waals surface area contributed by atoms with Gasteiger partial charge < -0.3 is 14.7 Å². The highest BCUT2D eigenvalue weighted by atomic mass is 16.5. The molecule has 1 atom stereocenters. The molecular formula is C14H25NO4. The number of carbonyl (C=O) groups is 2. The van der Waals surface area contributed by atoms with Crippen molar-refractivity contribution in [3.63, 3.8) is 0 Å². The Morgan fingerprint density at radius 1 is 1.26 bits per heavy atom. The molecule has 19 heavy (non-hydrogen) atoms. The second kappa shape index (κ2) is 7.48. The van der Waals surface area contributed by atoms with Gasteiger partial charge in [-0.3, -0.25) is 9.59 Å². The molecule has 0 aromatic rings. The Hall–Kier alpha value is -1.10. The van der Waals surface area contributed by atoms with Gasteiger partial charge >= 0.3 is 5.97 Å². The van der Waals surface area contributed by atoms with E-state index in [1.54, 1.807) is 11.8 Å². The van der Waals surface area contributed by atoms with Crippen molar-refractivity contribution in [2.45, 2.75) is 46.1 Å². The minimum absolute atomic E-state index is 0.0207. The Kier molecular flexibility index (Phi) is 6.28. The van der Waals surface area contributed by atoms with Crippen LogP contribution in [0, 0.1) is 11.8 Å². The van der Waals surface area contributed by atoms with E-state index in [1.165, 1.54) is 0 Å². The van der Waals surface area contributed by atoms with Crippen molar-refractivity contribution in [3.05, 3.63) is 0 Å². The molecule has 1 unspecified atom stereocenters. The molecule has 0 bridgehead atoms. The quantitative estimate of drug-likeness (QED) is 0.799. The minimum atomic E-state index is -0.756. The maximum absolute atomic E-state index is 12.1. The average molecular weight is 271 g/mol. The van der Waals surface area contributed by atoms with Crippen LogP contribution in [0.25, 0.3) is 0 Å². The molecule has 110 valence electrons. The zero-order chi connectivity index (χ0) is 14.4. The van der Waals surface area contributed by atoms with E-state index in [4.69, 9.17) is 9.84 Å². The first-order valence-corrected chi connectivity index (χ1v) is 7.05. The number of carbonyl (C=O) groups excluding carboxylic acids is 1. The van der Waals surface area contributed by atoms with Crippen molar-refractivity contribution in [1.82, 2.24) is 4.90 Å². The summed E-state index contributed by atoms with van der Waals surface area (Å²) in [7, 11) is 0. The Morgan fingerprint density at radius 3 is 2.32 bits per heavy atom. The van der Waals surface area contributed by atoms with Gasteiger partial charge in [-0.05, 0) is 32.1 Å². The summed E-state index contributed by atoms with van der Waals surface area (Å²) < 4.78 is 5.53. The Bertz CT molecular complexity index is 309. The van der Waals surface area contributed by atoms with Crippen LogP contribution >= 0.6 is 0 Å². The fraction of sp³-hybridized carbons (Fsp3) is 0.857. The molecule has 0 saturated carbocycles. The molecule has 1 heterocycles. The molecule has 0 aromatic heterocycles. The van der Waals surface area contributed by atoms with E-state index in [1.807, 2.05) is 0 Å². The molecule has 5 heteroatoms. The summed E-state index contributed by atoms with van der Waals surface area (Å²) >= 11 is 0. The monoisotopic (exact) mass is 271 g/mol. The Balaban J connectivity index is 2.31. The van der Waals surface area contributed by atoms with Gasteiger partial charge in [0.05, 0.1) is 5.92 Å². The van der Waals surface area contributed by atoms with Crippen LogP contribution in [0.5, 0.6) is 0 Å². The van der Waals surface area contributed by atoms with E-state index >= 15 is 0 Å². The number of likely N-dealkylation sites (tertiary alicyclic amines) is 1. The van der Waals surface area contributed by atoms with Crippen LogP contribution in [0.15, 0.2) is 0 Å². The third kappa shape index (κ3) is 5.19. The van der Waals surface area contributed by atoms with E-state index in [9.17, 15) is 9.59 Å². The third-order valence-corrected chi connectivity index (χ3v) is 3.57. The first-order valence-electron chi connectivity index (χ1n) is 7.05. The van der Waals surface area contributed by atoms with Crippen LogP contribution in [0.2, 0.25) is 0 Å². The number of carboxylic acid groups (broad SMARTS) is 1. The molecule has 1 aliphatic heterocycles. The molecule has 1 fully saturated rings. The zero-order valence-corrected chi connectivity index (χ0v) is 12.1. The van der Waals surface area contributed by atoms with E-state index < -0.39 is 12.1 Å². The first kappa shape index (κ1) is 16.0. The fourth-order valence-electron chi connectivity index (χ4n) is 2.16. The van der Waals surface area contributed by atoms with Crippen LogP contribution in [0.4, 0.5) is 0 Å². The lowest BCUT2D eigenvalue weighted by Gasteiger charge is -2.32. The Morgan fingerprint density at radius 2 is 1.84 bits per heavy atom. The van der Waals surface area contributed by atoms with E-state index in [-0.39, 0.29) is 11.8 Å². The smallest absolute Gasteiger partial charge is 0.306 e. The number of amides is 1. The molecule has 5 nitrogen and oxygen atoms in total. The summed E-state index contributed by atoms with van der Waals surface area (Å²) in [4.78, 5) is 24.7. The number of rotatable bonds is 6. The van der Waals surface area contributed by atoms with Gasteiger partial charge in [0.25, 0.3) is 5.91 Å². The first-order chi connectivity index (χ1) is 8.91. The van der Waals surface area contributed by atoms with Gasteiger partial charge in [0.1, 0.15) is 6.10 Å². The number of piperidine rings is 1. The van der Waals surface area contributed by atoms with Crippen LogP contribution in [-0.2, 0) is 14.3 Å². The van der Waals surface area contributed by atoms with Crippen molar-refractivity contribution in [1.29, 1.82) is 0 Å². The van der Waals surface area contributed by atoms with Crippen LogP contribution < -0.4 is 0 Å². The molecule has 0 aliphatic carbocycles. The van der Waals surface area contributed by atoms with Crippen molar-refractivity contribution >= 4 is 11.9 Å². The zero-order valence-electron chi connectivity index (χ0n) is 12.1. The summed E-state index contributed by atoms with van der Waals surface area (Å²) in [5.74, 6) is -0.518. The van der Waals surface area contributed by atoms with E-state index in [0.29, 0.717) is 38.5 Å². The van der Waals surface area contributed by atoms with Crippen LogP contribution in [0.1, 0.15) is 40.0 Å². The van der Waals surface area contributed by atoms with Crippen molar-refractivity contribution in [2.24, 2.45) is 11.8 Å². The molecule has 1 N–H and O–H groups in total. The SMILES string of the molecule is CC(C)CCOC(C)C(=O)N1CCC(C(=O)O)CC1. The van der Waals surface area contributed by atoms with Gasteiger partial charge in [-0.2, -0.15) is 0 Å². The maximum Gasteiger partial charge on any atom is 0.306 e. The molecule has 1 aliphatic rings. The molecule has 1 saturated heterocycles. The van der Waals surface area contributed by atoms with Gasteiger partial charge in [-0.25, -0.2) is 0 Å². The minimum Gasteiger partial charge on any atom is -0.481 e. The lowest BCUT2D eigenvalue weighted by Crippen LogP contribution is -2.45. The van der Waals surface area contributed by atoms with Gasteiger partial charge in [0.2, 0.25) is 0 Å². The highest BCUT2D eigenvalue weighted by Crippen LogP contribution is 2.18. The largest absolute Gasteiger partial charge is 0.481 e. The molecule has 0 aromatic carbocycles. The standard InChI is InChI=1S/C14H25NO4/c1-10(2)6-9-19-11(3)13(16)15-7-4-12(5-8-15)14(17)18/h10-12H,4-9H2,1-3H3,(H,17,18). The summed E-state index contributed by atoms with van der Waals surface area (Å²) in [6.07, 6.45) is 1.60. The number of aliphatic carboxylic acids is 1. The van der Waals surface area contributed by atoms with Gasteiger partial charge in [-0.15, -0.1) is 0 Å². The molecule has 0 radical (unpaired) electrons. The topological polar surface area (TPSA) is 66.8 Å². The number of nitrogens with zero attached hydrogens (tertiary/aromatic N) is 1. The molecular weight excluding hydrogens is 246 g/mol. The number of carboxylic acids is 1. The molecule has 0 spiro atoms. The Labute approximate surface area is 114 Å². The van der Waals surface area contributed by atoms with Crippen molar-refractivity contribution < 1.29 is 19.4 Å². The van der Waals surface area contributed by atoms with Gasteiger partial charge in [0, 0.05) is 19.7 Å². The summed E-state index contributed by atoms with van der Waals surface area (Å²) in [6, 6.07) is 0. The van der Waals surface area contributed by atoms with Crippen molar-refractivity contribution in [3.8, 4) is 0 Å². The second-order valence-electron chi connectivity index (χ2n) is 5.63. The maximum atomic E-state index is 12.1. The summed E-state index contributed by atoms with van der Waals surface area (Å²) in [5.41, 5.74) is 0. The average Bonchev–Trinajstić information content (AvgIpc) is 2.37. The van der Waals surface area contributed by atoms with Crippen LogP contribution in [-0.4, -0.2) is 47.7 Å². The number of hydrogen-bond donors (Lipinski definition) is 1. The predicted molar refractivity (Wildman–Crippen MR) is 71.8 cm³/mol. The lowest BCUT2D eigenvalue weighted by molar-refractivity contribution is -0.149. The van der Waals surface area contributed by atoms with Crippen LogP contribution in [0.3, 0.4) is 0 Å². The molecule has 1 amide bonds. The van der Waals surface area contributed by atoms with Crippen molar-refractivity contribution in [2.75, 3.05) is 19.7 Å². The van der Waals surface area contributed by atoms with E-state index in [0.717, 1.165) is 6.42 Å². The highest BCUT2D eigenvalue weighted by molar-refractivity contribution is 5.81. The summed E-state index contributed by atoms with van der Waals surface area (Å²) in [5, 5.41) is 8.91. The number of hydrogen-bond acceptors (Lipinski definition) is 3.